The summed E-state index contributed by atoms with van der Waals surface area (Å²) in [5, 5.41) is 11.4. The molecule has 0 unspecified atom stereocenters. The highest BCUT2D eigenvalue weighted by molar-refractivity contribution is 6.33. The summed E-state index contributed by atoms with van der Waals surface area (Å²) in [6.07, 6.45) is 2.26. The van der Waals surface area contributed by atoms with E-state index in [-0.39, 0.29) is 5.69 Å². The number of anilines is 1. The Bertz CT molecular complexity index is 577. The van der Waals surface area contributed by atoms with E-state index in [4.69, 9.17) is 21.1 Å². The fourth-order valence-electron chi connectivity index (χ4n) is 3.23. The van der Waals surface area contributed by atoms with Gasteiger partial charge in [-0.15, -0.1) is 0 Å². The van der Waals surface area contributed by atoms with Gasteiger partial charge in [0.15, 0.2) is 5.79 Å². The van der Waals surface area contributed by atoms with E-state index in [1.54, 1.807) is 6.07 Å². The maximum Gasteiger partial charge on any atom is 0.271 e. The summed E-state index contributed by atoms with van der Waals surface area (Å²) < 4.78 is 11.5. The topological polar surface area (TPSA) is 64.8 Å². The van der Waals surface area contributed by atoms with Gasteiger partial charge in [0.2, 0.25) is 0 Å². The van der Waals surface area contributed by atoms with Gasteiger partial charge in [-0.05, 0) is 12.0 Å². The van der Waals surface area contributed by atoms with Crippen LogP contribution in [-0.4, -0.2) is 37.0 Å². The van der Waals surface area contributed by atoms with Crippen LogP contribution < -0.4 is 4.90 Å². The molecule has 1 aromatic rings. The fourth-order valence-corrected chi connectivity index (χ4v) is 3.58. The first-order valence-electron chi connectivity index (χ1n) is 7.54. The molecule has 2 heterocycles. The lowest BCUT2D eigenvalue weighted by molar-refractivity contribution is -0.384. The Kier molecular flexibility index (Phi) is 4.25. The van der Waals surface area contributed by atoms with Crippen LogP contribution in [-0.2, 0) is 15.9 Å². The number of nitrogens with zero attached hydrogens (tertiary/aromatic N) is 2. The van der Waals surface area contributed by atoms with Crippen molar-refractivity contribution in [3.63, 3.8) is 0 Å². The van der Waals surface area contributed by atoms with Crippen LogP contribution in [0.15, 0.2) is 12.1 Å². The predicted octanol–water partition coefficient (Wildman–Crippen LogP) is 3.15. The molecule has 2 aliphatic rings. The van der Waals surface area contributed by atoms with Gasteiger partial charge in [0.25, 0.3) is 5.69 Å². The second-order valence-electron chi connectivity index (χ2n) is 5.64. The van der Waals surface area contributed by atoms with Crippen LogP contribution in [0.1, 0.15) is 25.3 Å². The average molecular weight is 327 g/mol. The number of benzene rings is 1. The highest BCUT2D eigenvalue weighted by Crippen LogP contribution is 2.39. The van der Waals surface area contributed by atoms with Crippen LogP contribution in [0.2, 0.25) is 5.02 Å². The summed E-state index contributed by atoms with van der Waals surface area (Å²) in [6.45, 7) is 4.82. The smallest absolute Gasteiger partial charge is 0.271 e. The van der Waals surface area contributed by atoms with Crippen LogP contribution in [0, 0.1) is 10.1 Å². The molecule has 0 N–H and O–H groups in total. The first-order valence-corrected chi connectivity index (χ1v) is 7.92. The van der Waals surface area contributed by atoms with Crippen molar-refractivity contribution in [2.45, 2.75) is 32.0 Å². The standard InChI is InChI=1S/C15H19ClN2O4/c1-2-11-9-12(18(19)20)10-13(16)14(11)17-5-3-15(4-6-17)21-7-8-22-15/h9-10H,2-8H2,1H3. The summed E-state index contributed by atoms with van der Waals surface area (Å²) in [5.41, 5.74) is 1.85. The number of nitro benzene ring substituents is 1. The molecule has 7 heteroatoms. The Morgan fingerprint density at radius 2 is 1.95 bits per heavy atom. The van der Waals surface area contributed by atoms with E-state index in [2.05, 4.69) is 4.90 Å². The molecule has 0 radical (unpaired) electrons. The van der Waals surface area contributed by atoms with Crippen LogP contribution in [0.4, 0.5) is 11.4 Å². The molecule has 2 saturated heterocycles. The van der Waals surface area contributed by atoms with Crippen molar-refractivity contribution >= 4 is 23.0 Å². The molecule has 0 bridgehead atoms. The number of nitro groups is 1. The number of piperidine rings is 1. The molecule has 22 heavy (non-hydrogen) atoms. The molecule has 1 spiro atoms. The number of ether oxygens (including phenoxy) is 2. The lowest BCUT2D eigenvalue weighted by atomic mass is 10.0. The predicted molar refractivity (Wildman–Crippen MR) is 83.6 cm³/mol. The highest BCUT2D eigenvalue weighted by atomic mass is 35.5. The van der Waals surface area contributed by atoms with Gasteiger partial charge in [-0.25, -0.2) is 0 Å². The number of hydrogen-bond donors (Lipinski definition) is 0. The number of non-ortho nitro benzene ring substituents is 1. The zero-order chi connectivity index (χ0) is 15.7. The Labute approximate surface area is 134 Å². The van der Waals surface area contributed by atoms with Gasteiger partial charge in [0, 0.05) is 38.1 Å². The minimum absolute atomic E-state index is 0.0431. The number of rotatable bonds is 3. The zero-order valence-electron chi connectivity index (χ0n) is 12.5. The SMILES string of the molecule is CCc1cc([N+](=O)[O-])cc(Cl)c1N1CCC2(CC1)OCCO2. The van der Waals surface area contributed by atoms with E-state index < -0.39 is 10.7 Å². The van der Waals surface area contributed by atoms with Gasteiger partial charge in [-0.2, -0.15) is 0 Å². The molecule has 0 aliphatic carbocycles. The molecule has 1 aromatic carbocycles. The maximum atomic E-state index is 11.0. The molecule has 0 amide bonds. The largest absolute Gasteiger partial charge is 0.370 e. The van der Waals surface area contributed by atoms with Crippen molar-refractivity contribution in [3.8, 4) is 0 Å². The van der Waals surface area contributed by atoms with E-state index in [1.807, 2.05) is 6.92 Å². The van der Waals surface area contributed by atoms with Gasteiger partial charge < -0.3 is 14.4 Å². The fraction of sp³-hybridized carbons (Fsp3) is 0.600. The molecule has 3 rings (SSSR count). The normalized spacial score (nSPS) is 20.5. The summed E-state index contributed by atoms with van der Waals surface area (Å²) in [7, 11) is 0. The van der Waals surface area contributed by atoms with Crippen LogP contribution >= 0.6 is 11.6 Å². The highest BCUT2D eigenvalue weighted by Gasteiger charge is 2.40. The van der Waals surface area contributed by atoms with E-state index in [9.17, 15) is 10.1 Å². The Hall–Kier alpha value is -1.37. The molecule has 0 saturated carbocycles. The van der Waals surface area contributed by atoms with Crippen molar-refractivity contribution in [3.05, 3.63) is 32.8 Å². The van der Waals surface area contributed by atoms with Crippen molar-refractivity contribution < 1.29 is 14.4 Å². The summed E-state index contributed by atoms with van der Waals surface area (Å²) in [4.78, 5) is 12.8. The quantitative estimate of drug-likeness (QED) is 0.630. The minimum Gasteiger partial charge on any atom is -0.370 e. The first kappa shape index (κ1) is 15.5. The molecular weight excluding hydrogens is 308 g/mol. The Morgan fingerprint density at radius 1 is 1.32 bits per heavy atom. The van der Waals surface area contributed by atoms with Crippen molar-refractivity contribution in [1.82, 2.24) is 0 Å². The maximum absolute atomic E-state index is 11.0. The molecule has 120 valence electrons. The van der Waals surface area contributed by atoms with Crippen molar-refractivity contribution in [1.29, 1.82) is 0 Å². The molecular formula is C15H19ClN2O4. The third-order valence-corrected chi connectivity index (χ3v) is 4.66. The van der Waals surface area contributed by atoms with E-state index in [0.717, 1.165) is 37.2 Å². The van der Waals surface area contributed by atoms with E-state index >= 15 is 0 Å². The summed E-state index contributed by atoms with van der Waals surface area (Å²) in [5.74, 6) is -0.434. The lowest BCUT2D eigenvalue weighted by Crippen LogP contribution is -2.45. The number of hydrogen-bond acceptors (Lipinski definition) is 5. The number of aryl methyl sites for hydroxylation is 1. The third kappa shape index (κ3) is 2.78. The molecule has 0 aromatic heterocycles. The van der Waals surface area contributed by atoms with Crippen LogP contribution in [0.25, 0.3) is 0 Å². The van der Waals surface area contributed by atoms with Crippen molar-refractivity contribution in [2.24, 2.45) is 0 Å². The van der Waals surface area contributed by atoms with Gasteiger partial charge in [-0.3, -0.25) is 10.1 Å². The van der Waals surface area contributed by atoms with Gasteiger partial charge >= 0.3 is 0 Å². The Morgan fingerprint density at radius 3 is 2.50 bits per heavy atom. The van der Waals surface area contributed by atoms with Crippen LogP contribution in [0.5, 0.6) is 0 Å². The second kappa shape index (κ2) is 6.02. The van der Waals surface area contributed by atoms with E-state index in [0.29, 0.717) is 24.7 Å². The monoisotopic (exact) mass is 326 g/mol. The van der Waals surface area contributed by atoms with Crippen LogP contribution in [0.3, 0.4) is 0 Å². The van der Waals surface area contributed by atoms with Gasteiger partial charge in [0.1, 0.15) is 0 Å². The average Bonchev–Trinajstić information content (AvgIpc) is 2.96. The van der Waals surface area contributed by atoms with E-state index in [1.165, 1.54) is 6.07 Å². The van der Waals surface area contributed by atoms with Gasteiger partial charge in [0.05, 0.1) is 28.8 Å². The minimum atomic E-state index is -0.434. The van der Waals surface area contributed by atoms with Crippen molar-refractivity contribution in [2.75, 3.05) is 31.2 Å². The molecule has 2 fully saturated rings. The first-order chi connectivity index (χ1) is 10.5. The second-order valence-corrected chi connectivity index (χ2v) is 6.05. The molecule has 0 atom stereocenters. The number of halogens is 1. The molecule has 2 aliphatic heterocycles. The molecule has 6 nitrogen and oxygen atoms in total. The van der Waals surface area contributed by atoms with Gasteiger partial charge in [-0.1, -0.05) is 18.5 Å². The summed E-state index contributed by atoms with van der Waals surface area (Å²) in [6, 6.07) is 3.05. The lowest BCUT2D eigenvalue weighted by Gasteiger charge is -2.39. The third-order valence-electron chi connectivity index (χ3n) is 4.37. The zero-order valence-corrected chi connectivity index (χ0v) is 13.3. The summed E-state index contributed by atoms with van der Waals surface area (Å²) >= 11 is 6.33. The Balaban J connectivity index is 1.84.